The van der Waals surface area contributed by atoms with Gasteiger partial charge >= 0.3 is 5.97 Å². The lowest BCUT2D eigenvalue weighted by molar-refractivity contribution is -0.143. The Bertz CT molecular complexity index is 145. The van der Waals surface area contributed by atoms with Crippen LogP contribution in [0.3, 0.4) is 0 Å². The highest BCUT2D eigenvalue weighted by Crippen LogP contribution is 2.11. The summed E-state index contributed by atoms with van der Waals surface area (Å²) in [6, 6.07) is -0.398. The van der Waals surface area contributed by atoms with Crippen LogP contribution in [0.15, 0.2) is 4.99 Å². The Morgan fingerprint density at radius 1 is 1.73 bits per heavy atom. The van der Waals surface area contributed by atoms with Gasteiger partial charge in [-0.05, 0) is 12.6 Å². The monoisotopic (exact) mass is 157 g/mol. The molecule has 3 heteroatoms. The van der Waals surface area contributed by atoms with Gasteiger partial charge in [0.1, 0.15) is 6.04 Å². The second-order valence-electron chi connectivity index (χ2n) is 2.54. The van der Waals surface area contributed by atoms with Crippen LogP contribution in [-0.2, 0) is 9.53 Å². The van der Waals surface area contributed by atoms with Crippen LogP contribution in [-0.4, -0.2) is 25.8 Å². The predicted molar refractivity (Wildman–Crippen MR) is 44.8 cm³/mol. The van der Waals surface area contributed by atoms with E-state index in [0.717, 1.165) is 6.42 Å². The van der Waals surface area contributed by atoms with Crippen LogP contribution in [0.25, 0.3) is 0 Å². The van der Waals surface area contributed by atoms with Crippen molar-refractivity contribution in [3.8, 4) is 0 Å². The number of esters is 1. The molecule has 0 fully saturated rings. The maximum atomic E-state index is 11.0. The first-order chi connectivity index (χ1) is 5.17. The predicted octanol–water partition coefficient (Wildman–Crippen LogP) is 1.27. The fourth-order valence-electron chi connectivity index (χ4n) is 0.831. The Hall–Kier alpha value is -0.860. The van der Waals surface area contributed by atoms with Crippen LogP contribution in [0, 0.1) is 5.92 Å². The highest BCUT2D eigenvalue weighted by Gasteiger charge is 2.22. The molecule has 0 N–H and O–H groups in total. The molecule has 0 bridgehead atoms. The molecule has 0 aromatic carbocycles. The number of carbonyl (C=O) groups is 1. The van der Waals surface area contributed by atoms with Gasteiger partial charge in [0.15, 0.2) is 0 Å². The van der Waals surface area contributed by atoms with Crippen molar-refractivity contribution in [2.45, 2.75) is 26.3 Å². The Balaban J connectivity index is 4.15. The molecular weight excluding hydrogens is 142 g/mol. The number of hydrogen-bond acceptors (Lipinski definition) is 3. The lowest BCUT2D eigenvalue weighted by Crippen LogP contribution is -2.26. The van der Waals surface area contributed by atoms with E-state index in [-0.39, 0.29) is 11.9 Å². The zero-order valence-electron chi connectivity index (χ0n) is 7.33. The number of methoxy groups -OCH3 is 1. The summed E-state index contributed by atoms with van der Waals surface area (Å²) in [5, 5.41) is 0. The third-order valence-corrected chi connectivity index (χ3v) is 1.82. The third kappa shape index (κ3) is 2.70. The summed E-state index contributed by atoms with van der Waals surface area (Å²) in [6.07, 6.45) is 0.902. The van der Waals surface area contributed by atoms with Gasteiger partial charge in [-0.3, -0.25) is 4.99 Å². The SMILES string of the molecule is C=N[C@H](C(=O)OC)[C@@H](C)CC. The lowest BCUT2D eigenvalue weighted by Gasteiger charge is -2.14. The van der Waals surface area contributed by atoms with Gasteiger partial charge in [0.25, 0.3) is 0 Å². The first kappa shape index (κ1) is 10.1. The normalized spacial score (nSPS) is 15.2. The summed E-state index contributed by atoms with van der Waals surface area (Å²) in [7, 11) is 1.36. The molecule has 3 nitrogen and oxygen atoms in total. The van der Waals surface area contributed by atoms with Crippen molar-refractivity contribution in [1.29, 1.82) is 0 Å². The molecule has 0 saturated heterocycles. The second-order valence-corrected chi connectivity index (χ2v) is 2.54. The minimum absolute atomic E-state index is 0.208. The van der Waals surface area contributed by atoms with E-state index in [4.69, 9.17) is 0 Å². The van der Waals surface area contributed by atoms with Gasteiger partial charge in [0.05, 0.1) is 7.11 Å². The molecular formula is C8H15NO2. The van der Waals surface area contributed by atoms with Gasteiger partial charge in [0.2, 0.25) is 0 Å². The molecule has 0 radical (unpaired) electrons. The summed E-state index contributed by atoms with van der Waals surface area (Å²) in [6.45, 7) is 7.31. The average Bonchev–Trinajstić information content (AvgIpc) is 2.05. The number of aliphatic imine (C=N–C) groups is 1. The Morgan fingerprint density at radius 3 is 2.55 bits per heavy atom. The molecule has 64 valence electrons. The molecule has 0 aromatic rings. The molecule has 2 atom stereocenters. The maximum Gasteiger partial charge on any atom is 0.330 e. The van der Waals surface area contributed by atoms with Crippen LogP contribution in [0.5, 0.6) is 0 Å². The van der Waals surface area contributed by atoms with Crippen molar-refractivity contribution in [2.24, 2.45) is 10.9 Å². The minimum Gasteiger partial charge on any atom is -0.467 e. The van der Waals surface area contributed by atoms with Gasteiger partial charge in [-0.15, -0.1) is 0 Å². The molecule has 0 rings (SSSR count). The molecule has 0 spiro atoms. The molecule has 0 aliphatic rings. The average molecular weight is 157 g/mol. The summed E-state index contributed by atoms with van der Waals surface area (Å²) in [4.78, 5) is 14.7. The van der Waals surface area contributed by atoms with Crippen molar-refractivity contribution in [2.75, 3.05) is 7.11 Å². The van der Waals surface area contributed by atoms with E-state index < -0.39 is 6.04 Å². The molecule has 0 aliphatic heterocycles. The van der Waals surface area contributed by atoms with Crippen molar-refractivity contribution >= 4 is 12.7 Å². The fraction of sp³-hybridized carbons (Fsp3) is 0.750. The number of hydrogen-bond donors (Lipinski definition) is 0. The van der Waals surface area contributed by atoms with E-state index in [1.54, 1.807) is 0 Å². The van der Waals surface area contributed by atoms with Crippen molar-refractivity contribution in [3.63, 3.8) is 0 Å². The Morgan fingerprint density at radius 2 is 2.27 bits per heavy atom. The highest BCUT2D eigenvalue weighted by atomic mass is 16.5. The number of ether oxygens (including phenoxy) is 1. The molecule has 0 unspecified atom stereocenters. The molecule has 0 saturated carbocycles. The van der Waals surface area contributed by atoms with Crippen LogP contribution in [0.4, 0.5) is 0 Å². The van der Waals surface area contributed by atoms with Gasteiger partial charge < -0.3 is 4.74 Å². The van der Waals surface area contributed by atoms with E-state index in [2.05, 4.69) is 16.4 Å². The summed E-state index contributed by atoms with van der Waals surface area (Å²) in [5.41, 5.74) is 0. The molecule has 0 heterocycles. The summed E-state index contributed by atoms with van der Waals surface area (Å²) < 4.78 is 4.55. The minimum atomic E-state index is -0.398. The van der Waals surface area contributed by atoms with Crippen molar-refractivity contribution < 1.29 is 9.53 Å². The maximum absolute atomic E-state index is 11.0. The van der Waals surface area contributed by atoms with Gasteiger partial charge in [-0.1, -0.05) is 20.3 Å². The van der Waals surface area contributed by atoms with Crippen LogP contribution in [0.1, 0.15) is 20.3 Å². The Labute approximate surface area is 67.5 Å². The number of rotatable bonds is 4. The Kier molecular flexibility index (Phi) is 4.50. The molecule has 0 aromatic heterocycles. The number of nitrogens with zero attached hydrogens (tertiary/aromatic N) is 1. The third-order valence-electron chi connectivity index (χ3n) is 1.82. The highest BCUT2D eigenvalue weighted by molar-refractivity contribution is 5.76. The molecule has 0 amide bonds. The van der Waals surface area contributed by atoms with Gasteiger partial charge in [0, 0.05) is 0 Å². The van der Waals surface area contributed by atoms with Crippen molar-refractivity contribution in [1.82, 2.24) is 0 Å². The van der Waals surface area contributed by atoms with E-state index in [1.807, 2.05) is 13.8 Å². The van der Waals surface area contributed by atoms with Gasteiger partial charge in [-0.25, -0.2) is 4.79 Å². The van der Waals surface area contributed by atoms with Crippen LogP contribution < -0.4 is 0 Å². The van der Waals surface area contributed by atoms with E-state index in [0.29, 0.717) is 0 Å². The fourth-order valence-corrected chi connectivity index (χ4v) is 0.831. The van der Waals surface area contributed by atoms with E-state index in [9.17, 15) is 4.79 Å². The molecule has 0 aliphatic carbocycles. The topological polar surface area (TPSA) is 38.7 Å². The summed E-state index contributed by atoms with van der Waals surface area (Å²) in [5.74, 6) is -0.0886. The lowest BCUT2D eigenvalue weighted by atomic mass is 10.0. The van der Waals surface area contributed by atoms with Gasteiger partial charge in [-0.2, -0.15) is 0 Å². The zero-order valence-corrected chi connectivity index (χ0v) is 7.33. The first-order valence-corrected chi connectivity index (χ1v) is 3.71. The largest absolute Gasteiger partial charge is 0.467 e. The van der Waals surface area contributed by atoms with E-state index >= 15 is 0 Å². The van der Waals surface area contributed by atoms with Crippen LogP contribution in [0.2, 0.25) is 0 Å². The van der Waals surface area contributed by atoms with E-state index in [1.165, 1.54) is 7.11 Å². The first-order valence-electron chi connectivity index (χ1n) is 3.71. The smallest absolute Gasteiger partial charge is 0.330 e. The number of carbonyl (C=O) groups excluding carboxylic acids is 1. The molecule has 11 heavy (non-hydrogen) atoms. The summed E-state index contributed by atoms with van der Waals surface area (Å²) >= 11 is 0. The van der Waals surface area contributed by atoms with Crippen LogP contribution >= 0.6 is 0 Å². The zero-order chi connectivity index (χ0) is 8.85. The quantitative estimate of drug-likeness (QED) is 0.455. The second kappa shape index (κ2) is 4.88. The standard InChI is InChI=1S/C8H15NO2/c1-5-6(2)7(9-3)8(10)11-4/h6-7H,3,5H2,1-2,4H3/t6-,7-/m0/s1. The van der Waals surface area contributed by atoms with Crippen molar-refractivity contribution in [3.05, 3.63) is 0 Å².